The zero-order valence-corrected chi connectivity index (χ0v) is 16.2. The number of likely N-dealkylation sites (N-methyl/N-ethyl adjacent to an activating group) is 2. The summed E-state index contributed by atoms with van der Waals surface area (Å²) in [6.45, 7) is 9.03. The van der Waals surface area contributed by atoms with Crippen molar-refractivity contribution in [3.63, 3.8) is 0 Å². The van der Waals surface area contributed by atoms with E-state index in [-0.39, 0.29) is 6.10 Å². The number of para-hydroxylation sites is 1. The van der Waals surface area contributed by atoms with Crippen LogP contribution in [0.1, 0.15) is 12.5 Å². The van der Waals surface area contributed by atoms with E-state index in [9.17, 15) is 0 Å². The number of guanidine groups is 1. The van der Waals surface area contributed by atoms with Crippen molar-refractivity contribution in [2.24, 2.45) is 4.99 Å². The van der Waals surface area contributed by atoms with Crippen LogP contribution in [0.5, 0.6) is 5.75 Å². The van der Waals surface area contributed by atoms with Gasteiger partial charge in [-0.15, -0.1) is 0 Å². The van der Waals surface area contributed by atoms with E-state index in [1.165, 1.54) is 0 Å². The van der Waals surface area contributed by atoms with Gasteiger partial charge < -0.3 is 20.3 Å². The summed E-state index contributed by atoms with van der Waals surface area (Å²) < 4.78 is 6.01. The number of nitrogens with zero attached hydrogens (tertiary/aromatic N) is 3. The molecule has 0 aromatic heterocycles. The van der Waals surface area contributed by atoms with Gasteiger partial charge in [-0.3, -0.25) is 9.89 Å². The smallest absolute Gasteiger partial charge is 0.191 e. The second kappa shape index (κ2) is 9.63. The highest BCUT2D eigenvalue weighted by Gasteiger charge is 2.22. The third kappa shape index (κ3) is 6.21. The van der Waals surface area contributed by atoms with Crippen molar-refractivity contribution in [3.8, 4) is 5.75 Å². The Hall–Kier alpha value is -1.79. The van der Waals surface area contributed by atoms with E-state index in [0.717, 1.165) is 43.5 Å². The van der Waals surface area contributed by atoms with Gasteiger partial charge in [0, 0.05) is 39.3 Å². The SMILES string of the molecule is CN=C(NCC(C)Oc1ccccc1C)NCC1CN(C)CCN1C. The largest absolute Gasteiger partial charge is 0.489 e. The monoisotopic (exact) mass is 347 g/mol. The van der Waals surface area contributed by atoms with E-state index in [2.05, 4.69) is 59.4 Å². The van der Waals surface area contributed by atoms with Crippen LogP contribution in [-0.2, 0) is 0 Å². The van der Waals surface area contributed by atoms with Crippen molar-refractivity contribution in [1.82, 2.24) is 20.4 Å². The highest BCUT2D eigenvalue weighted by atomic mass is 16.5. The zero-order chi connectivity index (χ0) is 18.2. The zero-order valence-electron chi connectivity index (χ0n) is 16.2. The second-order valence-corrected chi connectivity index (χ2v) is 6.92. The van der Waals surface area contributed by atoms with Crippen LogP contribution < -0.4 is 15.4 Å². The molecule has 0 saturated carbocycles. The molecular formula is C19H33N5O. The van der Waals surface area contributed by atoms with Crippen LogP contribution in [0.2, 0.25) is 0 Å². The normalized spacial score (nSPS) is 21.0. The van der Waals surface area contributed by atoms with Crippen LogP contribution in [0.3, 0.4) is 0 Å². The summed E-state index contributed by atoms with van der Waals surface area (Å²) in [5, 5.41) is 6.79. The van der Waals surface area contributed by atoms with Gasteiger partial charge in [0.15, 0.2) is 5.96 Å². The molecule has 1 aliphatic heterocycles. The Balaban J connectivity index is 1.75. The third-order valence-electron chi connectivity index (χ3n) is 4.69. The fourth-order valence-electron chi connectivity index (χ4n) is 2.94. The van der Waals surface area contributed by atoms with Gasteiger partial charge in [-0.2, -0.15) is 0 Å². The molecule has 140 valence electrons. The first-order valence-electron chi connectivity index (χ1n) is 9.05. The number of hydrogen-bond acceptors (Lipinski definition) is 4. The Morgan fingerprint density at radius 2 is 2.04 bits per heavy atom. The molecule has 2 N–H and O–H groups in total. The number of nitrogens with one attached hydrogen (secondary N) is 2. The molecule has 0 aliphatic carbocycles. The summed E-state index contributed by atoms with van der Waals surface area (Å²) in [7, 11) is 6.17. The van der Waals surface area contributed by atoms with E-state index in [1.54, 1.807) is 7.05 Å². The number of ether oxygens (including phenoxy) is 1. The minimum atomic E-state index is 0.0585. The standard InChI is InChI=1S/C19H33N5O/c1-15-8-6-7-9-18(15)25-16(2)12-21-19(20-3)22-13-17-14-23(4)10-11-24(17)5/h6-9,16-17H,10-14H2,1-5H3,(H2,20,21,22). The van der Waals surface area contributed by atoms with Gasteiger partial charge in [0.1, 0.15) is 11.9 Å². The summed E-state index contributed by atoms with van der Waals surface area (Å²) in [4.78, 5) is 9.10. The van der Waals surface area contributed by atoms with Gasteiger partial charge in [-0.1, -0.05) is 18.2 Å². The predicted molar refractivity (Wildman–Crippen MR) is 105 cm³/mol. The number of rotatable bonds is 6. The van der Waals surface area contributed by atoms with Crippen LogP contribution in [-0.4, -0.2) is 81.8 Å². The van der Waals surface area contributed by atoms with E-state index in [4.69, 9.17) is 4.74 Å². The van der Waals surface area contributed by atoms with Crippen LogP contribution in [0, 0.1) is 6.92 Å². The quantitative estimate of drug-likeness (QED) is 0.598. The fourth-order valence-corrected chi connectivity index (χ4v) is 2.94. The lowest BCUT2D eigenvalue weighted by atomic mass is 10.2. The first-order valence-corrected chi connectivity index (χ1v) is 9.05. The first-order chi connectivity index (χ1) is 12.0. The highest BCUT2D eigenvalue weighted by molar-refractivity contribution is 5.79. The topological polar surface area (TPSA) is 52.1 Å². The highest BCUT2D eigenvalue weighted by Crippen LogP contribution is 2.17. The maximum absolute atomic E-state index is 6.01. The van der Waals surface area contributed by atoms with Crippen LogP contribution in [0.25, 0.3) is 0 Å². The van der Waals surface area contributed by atoms with E-state index in [1.807, 2.05) is 18.2 Å². The molecule has 1 heterocycles. The molecule has 1 aromatic rings. The Labute approximate surface area is 152 Å². The molecule has 1 fully saturated rings. The third-order valence-corrected chi connectivity index (χ3v) is 4.69. The van der Waals surface area contributed by atoms with Gasteiger partial charge in [0.05, 0.1) is 6.54 Å². The average Bonchev–Trinajstić information content (AvgIpc) is 2.60. The molecule has 0 spiro atoms. The van der Waals surface area contributed by atoms with Gasteiger partial charge in [0.2, 0.25) is 0 Å². The summed E-state index contributed by atoms with van der Waals surface area (Å²) in [5.74, 6) is 1.76. The Bertz CT molecular complexity index is 563. The predicted octanol–water partition coefficient (Wildman–Crippen LogP) is 1.17. The molecule has 25 heavy (non-hydrogen) atoms. The summed E-state index contributed by atoms with van der Waals surface area (Å²) >= 11 is 0. The lowest BCUT2D eigenvalue weighted by Crippen LogP contribution is -2.55. The fraction of sp³-hybridized carbons (Fsp3) is 0.632. The van der Waals surface area contributed by atoms with E-state index in [0.29, 0.717) is 12.6 Å². The summed E-state index contributed by atoms with van der Waals surface area (Å²) in [5.41, 5.74) is 1.15. The molecule has 1 aromatic carbocycles. The molecule has 1 aliphatic rings. The molecule has 0 bridgehead atoms. The van der Waals surface area contributed by atoms with Crippen LogP contribution in [0.4, 0.5) is 0 Å². The number of aryl methyl sites for hydroxylation is 1. The van der Waals surface area contributed by atoms with Gasteiger partial charge in [-0.25, -0.2) is 0 Å². The second-order valence-electron chi connectivity index (χ2n) is 6.92. The maximum atomic E-state index is 6.01. The Morgan fingerprint density at radius 3 is 2.76 bits per heavy atom. The molecule has 2 atom stereocenters. The number of benzene rings is 1. The van der Waals surface area contributed by atoms with Gasteiger partial charge in [-0.05, 0) is 39.6 Å². The number of hydrogen-bond donors (Lipinski definition) is 2. The molecule has 1 saturated heterocycles. The van der Waals surface area contributed by atoms with Crippen LogP contribution >= 0.6 is 0 Å². The maximum Gasteiger partial charge on any atom is 0.191 e. The van der Waals surface area contributed by atoms with E-state index < -0.39 is 0 Å². The van der Waals surface area contributed by atoms with Crippen molar-refractivity contribution in [1.29, 1.82) is 0 Å². The Kier molecular flexibility index (Phi) is 7.52. The van der Waals surface area contributed by atoms with Crippen molar-refractivity contribution in [2.45, 2.75) is 26.0 Å². The molecule has 0 amide bonds. The summed E-state index contributed by atoms with van der Waals surface area (Å²) in [6, 6.07) is 8.59. The summed E-state index contributed by atoms with van der Waals surface area (Å²) in [6.07, 6.45) is 0.0585. The molecule has 2 rings (SSSR count). The van der Waals surface area contributed by atoms with Crippen molar-refractivity contribution >= 4 is 5.96 Å². The minimum absolute atomic E-state index is 0.0585. The van der Waals surface area contributed by atoms with Gasteiger partial charge >= 0.3 is 0 Å². The van der Waals surface area contributed by atoms with E-state index >= 15 is 0 Å². The van der Waals surface area contributed by atoms with Gasteiger partial charge in [0.25, 0.3) is 0 Å². The number of aliphatic imine (C=N–C) groups is 1. The molecule has 6 nitrogen and oxygen atoms in total. The molecule has 2 unspecified atom stereocenters. The van der Waals surface area contributed by atoms with Crippen molar-refractivity contribution in [3.05, 3.63) is 29.8 Å². The molecule has 6 heteroatoms. The Morgan fingerprint density at radius 1 is 1.28 bits per heavy atom. The first kappa shape index (κ1) is 19.5. The van der Waals surface area contributed by atoms with Crippen molar-refractivity contribution in [2.75, 3.05) is 53.9 Å². The number of piperazine rings is 1. The average molecular weight is 348 g/mol. The lowest BCUT2D eigenvalue weighted by Gasteiger charge is -2.38. The minimum Gasteiger partial charge on any atom is -0.489 e. The lowest BCUT2D eigenvalue weighted by molar-refractivity contribution is 0.116. The van der Waals surface area contributed by atoms with Crippen molar-refractivity contribution < 1.29 is 4.74 Å². The van der Waals surface area contributed by atoms with Crippen LogP contribution in [0.15, 0.2) is 29.3 Å². The molecule has 0 radical (unpaired) electrons. The molecular weight excluding hydrogens is 314 g/mol.